The predicted octanol–water partition coefficient (Wildman–Crippen LogP) is 0.448. The molecule has 0 aliphatic carbocycles. The maximum absolute atomic E-state index is 12.4. The summed E-state index contributed by atoms with van der Waals surface area (Å²) in [7, 11) is 2.40. The van der Waals surface area contributed by atoms with Crippen LogP contribution in [-0.2, 0) is 25.6 Å². The van der Waals surface area contributed by atoms with Gasteiger partial charge >= 0.3 is 11.9 Å². The molecule has 0 radical (unpaired) electrons. The molecule has 2 N–H and O–H groups in total. The van der Waals surface area contributed by atoms with Crippen LogP contribution in [0.1, 0.15) is 27.1 Å². The van der Waals surface area contributed by atoms with Gasteiger partial charge in [-0.05, 0) is 18.2 Å². The zero-order chi connectivity index (χ0) is 20.3. The first-order chi connectivity index (χ1) is 13.4. The van der Waals surface area contributed by atoms with Crippen molar-refractivity contribution in [3.63, 3.8) is 0 Å². The molecular formula is C17H17N5O6. The van der Waals surface area contributed by atoms with Gasteiger partial charge in [0, 0.05) is 12.1 Å². The van der Waals surface area contributed by atoms with Gasteiger partial charge in [0.25, 0.3) is 0 Å². The molecule has 28 heavy (non-hydrogen) atoms. The molecule has 1 aliphatic rings. The summed E-state index contributed by atoms with van der Waals surface area (Å²) in [6, 6.07) is 4.04. The Bertz CT molecular complexity index is 919. The molecule has 0 bridgehead atoms. The number of fused-ring (bicyclic) bond motifs is 1. The molecule has 11 nitrogen and oxygen atoms in total. The molecule has 1 aliphatic heterocycles. The highest BCUT2D eigenvalue weighted by atomic mass is 16.5. The molecular weight excluding hydrogens is 370 g/mol. The van der Waals surface area contributed by atoms with Crippen LogP contribution in [0.5, 0.6) is 0 Å². The third-order valence-corrected chi connectivity index (χ3v) is 4.11. The standard InChI is InChI=1S/C17H17N5O6/c1-27-15(25)9-3-10(16(26)28-2)5-12(4-9)20-13(23)6-11-7-22-17(18-8-19-22)21-14(11)24/h3-5,8,11H,6-7H2,1-2H3,(H,20,23)(H,18,19,21,24). The quantitative estimate of drug-likeness (QED) is 0.704. The van der Waals surface area contributed by atoms with Crippen LogP contribution in [0.4, 0.5) is 11.6 Å². The van der Waals surface area contributed by atoms with Crippen LogP contribution < -0.4 is 10.6 Å². The summed E-state index contributed by atoms with van der Waals surface area (Å²) < 4.78 is 10.8. The van der Waals surface area contributed by atoms with Gasteiger partial charge in [-0.3, -0.25) is 14.9 Å². The number of amides is 2. The van der Waals surface area contributed by atoms with Crippen molar-refractivity contribution in [2.45, 2.75) is 13.0 Å². The van der Waals surface area contributed by atoms with Crippen LogP contribution in [0.15, 0.2) is 24.5 Å². The second kappa shape index (κ2) is 7.86. The summed E-state index contributed by atoms with van der Waals surface area (Å²) in [4.78, 5) is 52.0. The third kappa shape index (κ3) is 3.98. The molecule has 1 aromatic carbocycles. The number of anilines is 2. The van der Waals surface area contributed by atoms with Crippen molar-refractivity contribution in [1.29, 1.82) is 0 Å². The Morgan fingerprint density at radius 2 is 1.82 bits per heavy atom. The van der Waals surface area contributed by atoms with Crippen LogP contribution in [0.25, 0.3) is 0 Å². The number of nitrogens with one attached hydrogen (secondary N) is 2. The van der Waals surface area contributed by atoms with E-state index in [0.717, 1.165) is 0 Å². The van der Waals surface area contributed by atoms with Gasteiger partial charge < -0.3 is 14.8 Å². The molecule has 2 amide bonds. The lowest BCUT2D eigenvalue weighted by atomic mass is 10.0. The molecule has 2 heterocycles. The fourth-order valence-electron chi connectivity index (χ4n) is 2.76. The zero-order valence-electron chi connectivity index (χ0n) is 15.1. The maximum atomic E-state index is 12.4. The minimum absolute atomic E-state index is 0.0726. The largest absolute Gasteiger partial charge is 0.465 e. The highest BCUT2D eigenvalue weighted by Gasteiger charge is 2.29. The van der Waals surface area contributed by atoms with Crippen LogP contribution >= 0.6 is 0 Å². The van der Waals surface area contributed by atoms with Crippen LogP contribution in [0, 0.1) is 5.92 Å². The van der Waals surface area contributed by atoms with Crippen molar-refractivity contribution in [2.24, 2.45) is 5.92 Å². The van der Waals surface area contributed by atoms with Crippen molar-refractivity contribution in [3.05, 3.63) is 35.7 Å². The monoisotopic (exact) mass is 387 g/mol. The first kappa shape index (κ1) is 19.0. The van der Waals surface area contributed by atoms with Gasteiger partial charge in [0.05, 0.1) is 37.8 Å². The van der Waals surface area contributed by atoms with Gasteiger partial charge in [0.1, 0.15) is 6.33 Å². The molecule has 0 spiro atoms. The second-order valence-electron chi connectivity index (χ2n) is 5.99. The first-order valence-electron chi connectivity index (χ1n) is 8.21. The van der Waals surface area contributed by atoms with Crippen molar-refractivity contribution in [2.75, 3.05) is 24.9 Å². The highest BCUT2D eigenvalue weighted by Crippen LogP contribution is 2.21. The summed E-state index contributed by atoms with van der Waals surface area (Å²) in [6.45, 7) is 0.212. The number of hydrogen-bond donors (Lipinski definition) is 2. The smallest absolute Gasteiger partial charge is 0.337 e. The number of carbonyl (C=O) groups is 4. The number of carbonyl (C=O) groups excluding carboxylic acids is 4. The van der Waals surface area contributed by atoms with Gasteiger partial charge in [0.15, 0.2) is 0 Å². The summed E-state index contributed by atoms with van der Waals surface area (Å²) in [5.41, 5.74) is 0.345. The Kier molecular flexibility index (Phi) is 5.34. The summed E-state index contributed by atoms with van der Waals surface area (Å²) >= 11 is 0. The lowest BCUT2D eigenvalue weighted by Gasteiger charge is -2.21. The first-order valence-corrected chi connectivity index (χ1v) is 8.21. The Morgan fingerprint density at radius 1 is 1.18 bits per heavy atom. The van der Waals surface area contributed by atoms with E-state index in [9.17, 15) is 19.2 Å². The van der Waals surface area contributed by atoms with E-state index in [2.05, 4.69) is 30.2 Å². The lowest BCUT2D eigenvalue weighted by Crippen LogP contribution is -2.36. The number of nitrogens with zero attached hydrogens (tertiary/aromatic N) is 3. The van der Waals surface area contributed by atoms with Crippen molar-refractivity contribution in [3.8, 4) is 0 Å². The van der Waals surface area contributed by atoms with Crippen molar-refractivity contribution < 1.29 is 28.7 Å². The van der Waals surface area contributed by atoms with Gasteiger partial charge in [0.2, 0.25) is 17.8 Å². The minimum Gasteiger partial charge on any atom is -0.465 e. The van der Waals surface area contributed by atoms with E-state index in [1.807, 2.05) is 0 Å². The molecule has 1 atom stereocenters. The number of aromatic nitrogens is 3. The van der Waals surface area contributed by atoms with Gasteiger partial charge in [-0.1, -0.05) is 0 Å². The van der Waals surface area contributed by atoms with Crippen LogP contribution in [0.2, 0.25) is 0 Å². The van der Waals surface area contributed by atoms with Gasteiger partial charge in [-0.15, -0.1) is 0 Å². The molecule has 0 saturated carbocycles. The number of methoxy groups -OCH3 is 2. The van der Waals surface area contributed by atoms with Crippen molar-refractivity contribution >= 4 is 35.4 Å². The third-order valence-electron chi connectivity index (χ3n) is 4.11. The number of esters is 2. The SMILES string of the molecule is COC(=O)c1cc(NC(=O)CC2Cn3ncnc3NC2=O)cc(C(=O)OC)c1. The minimum atomic E-state index is -0.674. The molecule has 0 saturated heterocycles. The Labute approximate surface area is 159 Å². The molecule has 1 unspecified atom stereocenters. The normalized spacial score (nSPS) is 15.2. The fourth-order valence-corrected chi connectivity index (χ4v) is 2.76. The number of benzene rings is 1. The van der Waals surface area contributed by atoms with E-state index in [1.54, 1.807) is 0 Å². The number of hydrogen-bond acceptors (Lipinski definition) is 8. The van der Waals surface area contributed by atoms with E-state index in [-0.39, 0.29) is 35.7 Å². The summed E-state index contributed by atoms with van der Waals surface area (Å²) in [5.74, 6) is -2.47. The molecule has 146 valence electrons. The molecule has 1 aromatic heterocycles. The van der Waals surface area contributed by atoms with Gasteiger partial charge in [-0.25, -0.2) is 14.3 Å². The lowest BCUT2D eigenvalue weighted by molar-refractivity contribution is -0.125. The Hall–Kier alpha value is -3.76. The summed E-state index contributed by atoms with van der Waals surface area (Å²) in [5, 5.41) is 9.13. The predicted molar refractivity (Wildman–Crippen MR) is 94.5 cm³/mol. The topological polar surface area (TPSA) is 142 Å². The molecule has 3 rings (SSSR count). The van der Waals surface area contributed by atoms with E-state index in [0.29, 0.717) is 5.95 Å². The highest BCUT2D eigenvalue weighted by molar-refractivity contribution is 6.01. The Balaban J connectivity index is 1.75. The maximum Gasteiger partial charge on any atom is 0.337 e. The van der Waals surface area contributed by atoms with E-state index in [4.69, 9.17) is 0 Å². The van der Waals surface area contributed by atoms with E-state index in [1.165, 1.54) is 43.4 Å². The average molecular weight is 387 g/mol. The van der Waals surface area contributed by atoms with Crippen molar-refractivity contribution in [1.82, 2.24) is 14.8 Å². The van der Waals surface area contributed by atoms with E-state index < -0.39 is 23.8 Å². The van der Waals surface area contributed by atoms with Crippen LogP contribution in [-0.4, -0.2) is 52.7 Å². The zero-order valence-corrected chi connectivity index (χ0v) is 15.1. The molecule has 11 heteroatoms. The molecule has 0 fully saturated rings. The summed E-state index contributed by atoms with van der Waals surface area (Å²) in [6.07, 6.45) is 1.19. The van der Waals surface area contributed by atoms with Crippen LogP contribution in [0.3, 0.4) is 0 Å². The van der Waals surface area contributed by atoms with Gasteiger partial charge in [-0.2, -0.15) is 10.1 Å². The fraction of sp³-hybridized carbons (Fsp3) is 0.294. The van der Waals surface area contributed by atoms with E-state index >= 15 is 0 Å². The molecule has 2 aromatic rings. The second-order valence-corrected chi connectivity index (χ2v) is 5.99. The number of ether oxygens (including phenoxy) is 2. The Morgan fingerprint density at radius 3 is 2.43 bits per heavy atom. The number of rotatable bonds is 5. The average Bonchev–Trinajstić information content (AvgIpc) is 3.13.